The van der Waals surface area contributed by atoms with Crippen LogP contribution in [0.2, 0.25) is 0 Å². The largest absolute Gasteiger partial charge is 0.378 e. The zero-order chi connectivity index (χ0) is 12.1. The third kappa shape index (κ3) is 3.43. The first-order valence-electron chi connectivity index (χ1n) is 7.05. The van der Waals surface area contributed by atoms with Crippen molar-refractivity contribution >= 4 is 0 Å². The van der Waals surface area contributed by atoms with Crippen molar-refractivity contribution in [3.05, 3.63) is 0 Å². The first kappa shape index (κ1) is 12.9. The first-order valence-corrected chi connectivity index (χ1v) is 7.05. The summed E-state index contributed by atoms with van der Waals surface area (Å²) in [7, 11) is 0. The van der Waals surface area contributed by atoms with Gasteiger partial charge >= 0.3 is 0 Å². The minimum atomic E-state index is -0.327. The molecule has 1 heterocycles. The Labute approximate surface area is 105 Å². The smallest absolute Gasteiger partial charge is 0.111 e. The van der Waals surface area contributed by atoms with Gasteiger partial charge in [0, 0.05) is 25.5 Å². The predicted molar refractivity (Wildman–Crippen MR) is 67.6 cm³/mol. The zero-order valence-corrected chi connectivity index (χ0v) is 10.9. The van der Waals surface area contributed by atoms with E-state index >= 15 is 0 Å². The highest BCUT2D eigenvalue weighted by atomic mass is 16.5. The van der Waals surface area contributed by atoms with Crippen molar-refractivity contribution in [1.29, 1.82) is 5.26 Å². The summed E-state index contributed by atoms with van der Waals surface area (Å²) in [6.45, 7) is 2.79. The fourth-order valence-electron chi connectivity index (χ4n) is 3.17. The number of ether oxygens (including phenoxy) is 1. The lowest BCUT2D eigenvalue weighted by Crippen LogP contribution is -2.54. The second-order valence-electron chi connectivity index (χ2n) is 5.66. The maximum absolute atomic E-state index is 9.49. The van der Waals surface area contributed by atoms with Crippen LogP contribution in [0.5, 0.6) is 0 Å². The fourth-order valence-corrected chi connectivity index (χ4v) is 3.17. The minimum absolute atomic E-state index is 0.210. The van der Waals surface area contributed by atoms with E-state index in [0.29, 0.717) is 12.6 Å². The topological polar surface area (TPSA) is 45.0 Å². The average molecular weight is 236 g/mol. The first-order chi connectivity index (χ1) is 8.24. The molecule has 0 bridgehead atoms. The summed E-state index contributed by atoms with van der Waals surface area (Å²) in [6, 6.07) is 3.07. The molecule has 2 aliphatic rings. The summed E-state index contributed by atoms with van der Waals surface area (Å²) in [5, 5.41) is 13.1. The van der Waals surface area contributed by atoms with Crippen LogP contribution in [0.4, 0.5) is 0 Å². The molecule has 1 N–H and O–H groups in total. The normalized spacial score (nSPS) is 36.1. The predicted octanol–water partition coefficient (Wildman–Crippen LogP) is 2.76. The molecular formula is C14H24N2O. The quantitative estimate of drug-likeness (QED) is 0.750. The molecule has 0 amide bonds. The van der Waals surface area contributed by atoms with E-state index in [1.54, 1.807) is 0 Å². The van der Waals surface area contributed by atoms with Crippen LogP contribution in [0.25, 0.3) is 0 Å². The van der Waals surface area contributed by atoms with Gasteiger partial charge in [-0.25, -0.2) is 0 Å². The van der Waals surface area contributed by atoms with Crippen molar-refractivity contribution in [3.8, 4) is 6.07 Å². The van der Waals surface area contributed by atoms with E-state index in [2.05, 4.69) is 18.3 Å². The summed E-state index contributed by atoms with van der Waals surface area (Å²) in [5.41, 5.74) is -0.327. The van der Waals surface area contributed by atoms with Gasteiger partial charge in [0.25, 0.3) is 0 Å². The average Bonchev–Trinajstić information content (AvgIpc) is 2.57. The van der Waals surface area contributed by atoms with Gasteiger partial charge in [-0.15, -0.1) is 0 Å². The van der Waals surface area contributed by atoms with Gasteiger partial charge in [0.1, 0.15) is 5.54 Å². The number of hydrogen-bond donors (Lipinski definition) is 1. The van der Waals surface area contributed by atoms with Crippen LogP contribution in [0.1, 0.15) is 58.3 Å². The highest BCUT2D eigenvalue weighted by Gasteiger charge is 2.37. The molecule has 1 saturated heterocycles. The van der Waals surface area contributed by atoms with Gasteiger partial charge in [0.2, 0.25) is 0 Å². The summed E-state index contributed by atoms with van der Waals surface area (Å²) < 4.78 is 5.56. The van der Waals surface area contributed by atoms with Gasteiger partial charge in [0.15, 0.2) is 0 Å². The van der Waals surface area contributed by atoms with Crippen LogP contribution in [0.15, 0.2) is 0 Å². The fraction of sp³-hybridized carbons (Fsp3) is 0.929. The Morgan fingerprint density at radius 1 is 1.24 bits per heavy atom. The summed E-state index contributed by atoms with van der Waals surface area (Å²) in [5.74, 6) is 0. The standard InChI is InChI=1S/C14H24N2O/c1-12-10-14(11-15,8-9-17-12)16-13-6-4-2-3-5-7-13/h12-13,16H,2-10H2,1H3. The molecule has 2 atom stereocenters. The van der Waals surface area contributed by atoms with Crippen LogP contribution in [0.3, 0.4) is 0 Å². The van der Waals surface area contributed by atoms with Crippen molar-refractivity contribution in [1.82, 2.24) is 5.32 Å². The van der Waals surface area contributed by atoms with Gasteiger partial charge in [-0.2, -0.15) is 5.26 Å². The van der Waals surface area contributed by atoms with Crippen LogP contribution in [-0.2, 0) is 4.74 Å². The van der Waals surface area contributed by atoms with Crippen LogP contribution < -0.4 is 5.32 Å². The van der Waals surface area contributed by atoms with E-state index in [4.69, 9.17) is 4.74 Å². The molecule has 17 heavy (non-hydrogen) atoms. The number of nitriles is 1. The van der Waals surface area contributed by atoms with Crippen LogP contribution in [-0.4, -0.2) is 24.3 Å². The Kier molecular flexibility index (Phi) is 4.42. The lowest BCUT2D eigenvalue weighted by Gasteiger charge is -2.38. The van der Waals surface area contributed by atoms with Gasteiger partial charge < -0.3 is 4.74 Å². The van der Waals surface area contributed by atoms with Gasteiger partial charge in [-0.3, -0.25) is 5.32 Å². The molecule has 1 aliphatic heterocycles. The van der Waals surface area contributed by atoms with Gasteiger partial charge in [-0.05, 0) is 19.8 Å². The molecule has 0 aromatic rings. The molecule has 0 aromatic carbocycles. The molecule has 3 heteroatoms. The van der Waals surface area contributed by atoms with E-state index in [-0.39, 0.29) is 11.6 Å². The van der Waals surface area contributed by atoms with E-state index in [9.17, 15) is 5.26 Å². The van der Waals surface area contributed by atoms with E-state index in [1.807, 2.05) is 0 Å². The third-order valence-electron chi connectivity index (χ3n) is 4.12. The minimum Gasteiger partial charge on any atom is -0.378 e. The Hall–Kier alpha value is -0.590. The van der Waals surface area contributed by atoms with Gasteiger partial charge in [-0.1, -0.05) is 25.7 Å². The highest BCUT2D eigenvalue weighted by Crippen LogP contribution is 2.27. The molecule has 0 aromatic heterocycles. The molecular weight excluding hydrogens is 212 g/mol. The number of hydrogen-bond acceptors (Lipinski definition) is 3. The molecule has 0 radical (unpaired) electrons. The molecule has 96 valence electrons. The lowest BCUT2D eigenvalue weighted by molar-refractivity contribution is -0.00645. The van der Waals surface area contributed by atoms with Crippen molar-refractivity contribution in [2.24, 2.45) is 0 Å². The lowest BCUT2D eigenvalue weighted by atomic mass is 9.87. The molecule has 2 rings (SSSR count). The molecule has 2 fully saturated rings. The number of rotatable bonds is 2. The molecule has 1 aliphatic carbocycles. The molecule has 3 nitrogen and oxygen atoms in total. The Morgan fingerprint density at radius 2 is 1.94 bits per heavy atom. The van der Waals surface area contributed by atoms with Crippen molar-refractivity contribution in [2.75, 3.05) is 6.61 Å². The van der Waals surface area contributed by atoms with E-state index in [1.165, 1.54) is 38.5 Å². The third-order valence-corrected chi connectivity index (χ3v) is 4.12. The Balaban J connectivity index is 1.95. The summed E-state index contributed by atoms with van der Waals surface area (Å²) in [4.78, 5) is 0. The zero-order valence-electron chi connectivity index (χ0n) is 10.9. The monoisotopic (exact) mass is 236 g/mol. The summed E-state index contributed by atoms with van der Waals surface area (Å²) in [6.07, 6.45) is 9.69. The van der Waals surface area contributed by atoms with E-state index < -0.39 is 0 Å². The SMILES string of the molecule is CC1CC(C#N)(NC2CCCCCC2)CCO1. The molecule has 1 saturated carbocycles. The highest BCUT2D eigenvalue weighted by molar-refractivity contribution is 5.10. The maximum Gasteiger partial charge on any atom is 0.111 e. The maximum atomic E-state index is 9.49. The van der Waals surface area contributed by atoms with Crippen LogP contribution in [0, 0.1) is 11.3 Å². The number of nitrogens with zero attached hydrogens (tertiary/aromatic N) is 1. The summed E-state index contributed by atoms with van der Waals surface area (Å²) >= 11 is 0. The van der Waals surface area contributed by atoms with Crippen molar-refractivity contribution in [2.45, 2.75) is 76.0 Å². The van der Waals surface area contributed by atoms with E-state index in [0.717, 1.165) is 12.8 Å². The second-order valence-corrected chi connectivity index (χ2v) is 5.66. The molecule has 2 unspecified atom stereocenters. The number of nitrogens with one attached hydrogen (secondary N) is 1. The second kappa shape index (κ2) is 5.84. The Morgan fingerprint density at radius 3 is 2.53 bits per heavy atom. The van der Waals surface area contributed by atoms with Crippen molar-refractivity contribution < 1.29 is 4.74 Å². The van der Waals surface area contributed by atoms with Gasteiger partial charge in [0.05, 0.1) is 12.2 Å². The molecule has 0 spiro atoms. The van der Waals surface area contributed by atoms with Crippen LogP contribution >= 0.6 is 0 Å². The Bertz CT molecular complexity index is 278. The van der Waals surface area contributed by atoms with Crippen molar-refractivity contribution in [3.63, 3.8) is 0 Å².